The van der Waals surface area contributed by atoms with Gasteiger partial charge in [-0.05, 0) is 0 Å². The zero-order valence-corrected chi connectivity index (χ0v) is 9.17. The molecule has 0 bridgehead atoms. The zero-order chi connectivity index (χ0) is 11.0. The van der Waals surface area contributed by atoms with Gasteiger partial charge in [0.15, 0.2) is 16.8 Å². The highest BCUT2D eigenvalue weighted by Gasteiger charge is 2.20. The zero-order valence-electron chi connectivity index (χ0n) is 8.41. The highest BCUT2D eigenvalue weighted by molar-refractivity contribution is 6.31. The van der Waals surface area contributed by atoms with Gasteiger partial charge in [0.25, 0.3) is 0 Å². The first kappa shape index (κ1) is 9.53. The lowest BCUT2D eigenvalue weighted by Crippen LogP contribution is -2.34. The molecule has 16 heavy (non-hydrogen) atoms. The maximum absolute atomic E-state index is 6.00. The quantitative estimate of drug-likeness (QED) is 0.731. The summed E-state index contributed by atoms with van der Waals surface area (Å²) >= 11 is 6.00. The van der Waals surface area contributed by atoms with Crippen LogP contribution in [-0.4, -0.2) is 31.3 Å². The van der Waals surface area contributed by atoms with Gasteiger partial charge in [0, 0.05) is 25.5 Å². The van der Waals surface area contributed by atoms with E-state index in [1.54, 1.807) is 18.7 Å². The van der Waals surface area contributed by atoms with Gasteiger partial charge in [-0.1, -0.05) is 11.6 Å². The molecule has 82 valence electrons. The van der Waals surface area contributed by atoms with Gasteiger partial charge in [0.1, 0.15) is 6.33 Å². The van der Waals surface area contributed by atoms with Gasteiger partial charge in [-0.15, -0.1) is 10.2 Å². The SMILES string of the molecule is Clc1nccnc1N1CCn2cnnc2C1. The molecule has 0 atom stereocenters. The third-order valence-corrected chi connectivity index (χ3v) is 2.84. The molecular formula is C9H9ClN6. The molecule has 0 spiro atoms. The van der Waals surface area contributed by atoms with Gasteiger partial charge >= 0.3 is 0 Å². The third kappa shape index (κ3) is 1.51. The average molecular weight is 237 g/mol. The molecule has 0 N–H and O–H groups in total. The molecule has 0 aromatic carbocycles. The average Bonchev–Trinajstić information content (AvgIpc) is 2.76. The van der Waals surface area contributed by atoms with Crippen molar-refractivity contribution >= 4 is 17.4 Å². The monoisotopic (exact) mass is 236 g/mol. The van der Waals surface area contributed by atoms with Crippen LogP contribution in [0.25, 0.3) is 0 Å². The summed E-state index contributed by atoms with van der Waals surface area (Å²) in [6, 6.07) is 0. The topological polar surface area (TPSA) is 59.7 Å². The molecule has 2 aromatic heterocycles. The maximum Gasteiger partial charge on any atom is 0.171 e. The molecule has 0 unspecified atom stereocenters. The molecule has 1 aliphatic rings. The van der Waals surface area contributed by atoms with Gasteiger partial charge in [-0.2, -0.15) is 0 Å². The summed E-state index contributed by atoms with van der Waals surface area (Å²) in [5, 5.41) is 8.34. The van der Waals surface area contributed by atoms with Crippen molar-refractivity contribution in [2.45, 2.75) is 13.1 Å². The van der Waals surface area contributed by atoms with Gasteiger partial charge in [0.2, 0.25) is 0 Å². The van der Waals surface area contributed by atoms with Crippen molar-refractivity contribution < 1.29 is 0 Å². The van der Waals surface area contributed by atoms with E-state index in [1.165, 1.54) is 0 Å². The van der Waals surface area contributed by atoms with Crippen LogP contribution in [0.4, 0.5) is 5.82 Å². The summed E-state index contributed by atoms with van der Waals surface area (Å²) in [6.07, 6.45) is 4.96. The first-order valence-electron chi connectivity index (χ1n) is 4.93. The summed E-state index contributed by atoms with van der Waals surface area (Å²) in [7, 11) is 0. The second-order valence-electron chi connectivity index (χ2n) is 3.53. The third-order valence-electron chi connectivity index (χ3n) is 2.57. The molecule has 7 heteroatoms. The minimum absolute atomic E-state index is 0.426. The summed E-state index contributed by atoms with van der Waals surface area (Å²) in [6.45, 7) is 2.34. The van der Waals surface area contributed by atoms with Crippen LogP contribution in [0, 0.1) is 0 Å². The Morgan fingerprint density at radius 2 is 2.06 bits per heavy atom. The van der Waals surface area contributed by atoms with Crippen molar-refractivity contribution in [3.8, 4) is 0 Å². The summed E-state index contributed by atoms with van der Waals surface area (Å²) in [5.41, 5.74) is 0. The van der Waals surface area contributed by atoms with E-state index in [4.69, 9.17) is 11.6 Å². The molecule has 0 saturated carbocycles. The minimum atomic E-state index is 0.426. The van der Waals surface area contributed by atoms with Crippen molar-refractivity contribution in [3.05, 3.63) is 29.7 Å². The highest BCUT2D eigenvalue weighted by atomic mass is 35.5. The summed E-state index contributed by atoms with van der Waals surface area (Å²) < 4.78 is 2.03. The van der Waals surface area contributed by atoms with Crippen LogP contribution in [-0.2, 0) is 13.1 Å². The predicted molar refractivity (Wildman–Crippen MR) is 58.1 cm³/mol. The van der Waals surface area contributed by atoms with Crippen LogP contribution in [0.2, 0.25) is 5.15 Å². The van der Waals surface area contributed by atoms with Crippen molar-refractivity contribution in [3.63, 3.8) is 0 Å². The molecule has 3 rings (SSSR count). The molecule has 0 radical (unpaired) electrons. The Bertz CT molecular complexity index is 510. The van der Waals surface area contributed by atoms with Crippen LogP contribution in [0.3, 0.4) is 0 Å². The second kappa shape index (κ2) is 3.71. The van der Waals surface area contributed by atoms with Crippen molar-refractivity contribution in [1.82, 2.24) is 24.7 Å². The van der Waals surface area contributed by atoms with Crippen LogP contribution in [0.1, 0.15) is 5.82 Å². The number of anilines is 1. The van der Waals surface area contributed by atoms with E-state index in [1.807, 2.05) is 4.57 Å². The van der Waals surface area contributed by atoms with Crippen LogP contribution < -0.4 is 4.90 Å². The second-order valence-corrected chi connectivity index (χ2v) is 3.89. The van der Waals surface area contributed by atoms with Crippen molar-refractivity contribution in [1.29, 1.82) is 0 Å². The first-order valence-corrected chi connectivity index (χ1v) is 5.30. The van der Waals surface area contributed by atoms with Gasteiger partial charge in [0.05, 0.1) is 6.54 Å². The largest absolute Gasteiger partial charge is 0.345 e. The highest BCUT2D eigenvalue weighted by Crippen LogP contribution is 2.23. The number of hydrogen-bond donors (Lipinski definition) is 0. The maximum atomic E-state index is 6.00. The molecule has 3 heterocycles. The minimum Gasteiger partial charge on any atom is -0.345 e. The van der Waals surface area contributed by atoms with E-state index in [0.29, 0.717) is 17.5 Å². The number of halogens is 1. The number of aromatic nitrogens is 5. The van der Waals surface area contributed by atoms with E-state index in [2.05, 4.69) is 25.1 Å². The van der Waals surface area contributed by atoms with Crippen molar-refractivity contribution in [2.24, 2.45) is 0 Å². The Balaban J connectivity index is 1.92. The predicted octanol–water partition coefficient (Wildman–Crippen LogP) is 0.742. The molecule has 0 amide bonds. The van der Waals surface area contributed by atoms with Crippen LogP contribution >= 0.6 is 11.6 Å². The lowest BCUT2D eigenvalue weighted by atomic mass is 10.3. The normalized spacial score (nSPS) is 14.9. The van der Waals surface area contributed by atoms with E-state index < -0.39 is 0 Å². The van der Waals surface area contributed by atoms with E-state index in [-0.39, 0.29) is 0 Å². The molecule has 0 fully saturated rings. The van der Waals surface area contributed by atoms with Gasteiger partial charge < -0.3 is 9.47 Å². The Kier molecular flexibility index (Phi) is 2.21. The van der Waals surface area contributed by atoms with E-state index in [9.17, 15) is 0 Å². The van der Waals surface area contributed by atoms with Crippen LogP contribution in [0.15, 0.2) is 18.7 Å². The lowest BCUT2D eigenvalue weighted by Gasteiger charge is -2.27. The summed E-state index contributed by atoms with van der Waals surface area (Å²) in [5.74, 6) is 1.63. The van der Waals surface area contributed by atoms with E-state index >= 15 is 0 Å². The fraction of sp³-hybridized carbons (Fsp3) is 0.333. The number of hydrogen-bond acceptors (Lipinski definition) is 5. The Morgan fingerprint density at radius 1 is 1.19 bits per heavy atom. The molecule has 0 aliphatic carbocycles. The molecule has 6 nitrogen and oxygen atoms in total. The van der Waals surface area contributed by atoms with Crippen LogP contribution in [0.5, 0.6) is 0 Å². The van der Waals surface area contributed by atoms with Crippen molar-refractivity contribution in [2.75, 3.05) is 11.4 Å². The van der Waals surface area contributed by atoms with Gasteiger partial charge in [-0.25, -0.2) is 9.97 Å². The molecular weight excluding hydrogens is 228 g/mol. The fourth-order valence-corrected chi connectivity index (χ4v) is 2.00. The first-order chi connectivity index (χ1) is 7.84. The number of fused-ring (bicyclic) bond motifs is 1. The Labute approximate surface area is 96.9 Å². The van der Waals surface area contributed by atoms with Gasteiger partial charge in [-0.3, -0.25) is 0 Å². The number of rotatable bonds is 1. The van der Waals surface area contributed by atoms with E-state index in [0.717, 1.165) is 18.9 Å². The fourth-order valence-electron chi connectivity index (χ4n) is 1.77. The Hall–Kier alpha value is -1.69. The molecule has 1 aliphatic heterocycles. The standard InChI is InChI=1S/C9H9ClN6/c10-8-9(12-2-1-11-8)15-3-4-16-6-13-14-7(16)5-15/h1-2,6H,3-5H2. The molecule has 2 aromatic rings. The lowest BCUT2D eigenvalue weighted by molar-refractivity contribution is 0.555. The Morgan fingerprint density at radius 3 is 2.94 bits per heavy atom. The molecule has 0 saturated heterocycles. The number of nitrogens with zero attached hydrogens (tertiary/aromatic N) is 6. The smallest absolute Gasteiger partial charge is 0.171 e. The summed E-state index contributed by atoms with van der Waals surface area (Å²) in [4.78, 5) is 10.3.